The van der Waals surface area contributed by atoms with E-state index in [4.69, 9.17) is 33.0 Å². The molecule has 0 saturated carbocycles. The molecule has 0 spiro atoms. The molecule has 0 aromatic heterocycles. The van der Waals surface area contributed by atoms with E-state index in [2.05, 4.69) is 12.6 Å². The molecule has 0 saturated heterocycles. The first kappa shape index (κ1) is 14.2. The van der Waals surface area contributed by atoms with Gasteiger partial charge in [-0.25, -0.2) is 0 Å². The third kappa shape index (κ3) is 3.80. The number of rotatable bonds is 5. The van der Waals surface area contributed by atoms with Gasteiger partial charge in [-0.05, 0) is 12.1 Å². The third-order valence-electron chi connectivity index (χ3n) is 1.82. The van der Waals surface area contributed by atoms with Gasteiger partial charge < -0.3 is 9.84 Å². The fraction of sp³-hybridized carbons (Fsp3) is 0.200. The topological polar surface area (TPSA) is 63.6 Å². The monoisotopic (exact) mass is 294 g/mol. The lowest BCUT2D eigenvalue weighted by atomic mass is 10.3. The molecule has 7 heteroatoms. The molecular weight excluding hydrogens is 287 g/mol. The Bertz CT molecular complexity index is 430. The van der Waals surface area contributed by atoms with Crippen molar-refractivity contribution in [3.8, 4) is 5.75 Å². The first-order valence-corrected chi connectivity index (χ1v) is 5.71. The highest BCUT2D eigenvalue weighted by Crippen LogP contribution is 2.32. The van der Waals surface area contributed by atoms with Gasteiger partial charge in [0, 0.05) is 0 Å². The highest BCUT2D eigenvalue weighted by atomic mass is 35.5. The Balaban J connectivity index is 2.68. The number of carboxylic acids is 1. The molecule has 1 rings (SSSR count). The minimum Gasteiger partial charge on any atom is -0.483 e. The van der Waals surface area contributed by atoms with Gasteiger partial charge in [0.2, 0.25) is 0 Å². The van der Waals surface area contributed by atoms with Crippen LogP contribution >= 0.6 is 35.8 Å². The molecule has 0 aliphatic rings. The van der Waals surface area contributed by atoms with E-state index in [1.165, 1.54) is 0 Å². The number of ether oxygens (including phenoxy) is 1. The number of Topliss-reactive ketones (excluding diaryl/α,β-unsaturated/α-hetero) is 1. The average molecular weight is 295 g/mol. The maximum Gasteiger partial charge on any atom is 0.324 e. The summed E-state index contributed by atoms with van der Waals surface area (Å²) in [5.41, 5.74) is 0. The molecule has 0 fully saturated rings. The second kappa shape index (κ2) is 6.14. The summed E-state index contributed by atoms with van der Waals surface area (Å²) in [6, 6.07) is 4.71. The number of aliphatic carboxylic acids is 1. The zero-order valence-electron chi connectivity index (χ0n) is 8.39. The van der Waals surface area contributed by atoms with Crippen molar-refractivity contribution in [3.63, 3.8) is 0 Å². The summed E-state index contributed by atoms with van der Waals surface area (Å²) < 4.78 is 5.08. The van der Waals surface area contributed by atoms with Crippen molar-refractivity contribution in [1.82, 2.24) is 0 Å². The molecule has 4 nitrogen and oxygen atoms in total. The molecule has 0 heterocycles. The van der Waals surface area contributed by atoms with E-state index in [0.29, 0.717) is 0 Å². The number of carbonyl (C=O) groups is 2. The van der Waals surface area contributed by atoms with Crippen LogP contribution in [0.15, 0.2) is 18.2 Å². The molecule has 1 aromatic rings. The normalized spacial score (nSPS) is 11.9. The van der Waals surface area contributed by atoms with Crippen LogP contribution in [0.25, 0.3) is 0 Å². The molecule has 1 N–H and O–H groups in total. The molecular formula is C10H8Cl2O4S. The van der Waals surface area contributed by atoms with E-state index < -0.39 is 23.6 Å². The number of benzene rings is 1. The predicted octanol–water partition coefficient (Wildman–Crippen LogP) is 2.32. The van der Waals surface area contributed by atoms with Gasteiger partial charge in [0.05, 0.1) is 10.0 Å². The average Bonchev–Trinajstić information content (AvgIpc) is 2.26. The van der Waals surface area contributed by atoms with Crippen LogP contribution in [0.3, 0.4) is 0 Å². The summed E-state index contributed by atoms with van der Waals surface area (Å²) in [5.74, 6) is -1.86. The first-order chi connectivity index (χ1) is 7.93. The van der Waals surface area contributed by atoms with Crippen molar-refractivity contribution in [2.45, 2.75) is 5.25 Å². The van der Waals surface area contributed by atoms with Crippen LogP contribution in [0.1, 0.15) is 0 Å². The zero-order valence-corrected chi connectivity index (χ0v) is 10.8. The molecule has 0 radical (unpaired) electrons. The van der Waals surface area contributed by atoms with Crippen LogP contribution in [-0.4, -0.2) is 28.7 Å². The number of hydrogen-bond acceptors (Lipinski definition) is 4. The van der Waals surface area contributed by atoms with Gasteiger partial charge in [0.25, 0.3) is 0 Å². The summed E-state index contributed by atoms with van der Waals surface area (Å²) in [6.45, 7) is -0.454. The minimum absolute atomic E-state index is 0.148. The van der Waals surface area contributed by atoms with Crippen LogP contribution < -0.4 is 4.74 Å². The summed E-state index contributed by atoms with van der Waals surface area (Å²) in [5, 5.41) is 7.63. The number of ketones is 1. The summed E-state index contributed by atoms with van der Waals surface area (Å²) >= 11 is 15.2. The molecule has 17 heavy (non-hydrogen) atoms. The number of thiol groups is 1. The second-order valence-corrected chi connectivity index (χ2v) is 4.38. The van der Waals surface area contributed by atoms with Crippen LogP contribution in [0.4, 0.5) is 0 Å². The van der Waals surface area contributed by atoms with E-state index in [0.717, 1.165) is 0 Å². The van der Waals surface area contributed by atoms with E-state index >= 15 is 0 Å². The van der Waals surface area contributed by atoms with Crippen LogP contribution in [0.2, 0.25) is 10.0 Å². The Labute approximate surface area is 113 Å². The predicted molar refractivity (Wildman–Crippen MR) is 67.4 cm³/mol. The maximum absolute atomic E-state index is 11.3. The summed E-state index contributed by atoms with van der Waals surface area (Å²) in [4.78, 5) is 21.8. The minimum atomic E-state index is -1.42. The van der Waals surface area contributed by atoms with E-state index in [-0.39, 0.29) is 15.8 Å². The largest absolute Gasteiger partial charge is 0.483 e. The maximum atomic E-state index is 11.3. The number of para-hydroxylation sites is 1. The first-order valence-electron chi connectivity index (χ1n) is 4.44. The lowest BCUT2D eigenvalue weighted by molar-refractivity contribution is -0.139. The van der Waals surface area contributed by atoms with Gasteiger partial charge in [0.15, 0.2) is 16.8 Å². The van der Waals surface area contributed by atoms with Crippen LogP contribution in [-0.2, 0) is 9.59 Å². The molecule has 92 valence electrons. The van der Waals surface area contributed by atoms with Crippen molar-refractivity contribution < 1.29 is 19.4 Å². The molecule has 0 aliphatic heterocycles. The van der Waals surface area contributed by atoms with E-state index in [9.17, 15) is 9.59 Å². The fourth-order valence-corrected chi connectivity index (χ4v) is 1.56. The lowest BCUT2D eigenvalue weighted by Gasteiger charge is -2.10. The van der Waals surface area contributed by atoms with Gasteiger partial charge >= 0.3 is 5.97 Å². The molecule has 1 aromatic carbocycles. The summed E-state index contributed by atoms with van der Waals surface area (Å²) in [6.07, 6.45) is 0. The van der Waals surface area contributed by atoms with Crippen LogP contribution in [0.5, 0.6) is 5.75 Å². The molecule has 0 aliphatic carbocycles. The van der Waals surface area contributed by atoms with Gasteiger partial charge in [-0.15, -0.1) is 0 Å². The third-order valence-corrected chi connectivity index (χ3v) is 2.92. The Hall–Kier alpha value is -0.910. The quantitative estimate of drug-likeness (QED) is 0.646. The standard InChI is InChI=1S/C10H8Cl2O4S/c11-5-2-1-3-6(12)8(5)16-4-7(13)9(17)10(14)15/h1-3,9,17H,4H2,(H,14,15). The molecule has 0 bridgehead atoms. The number of carbonyl (C=O) groups excluding carboxylic acids is 1. The SMILES string of the molecule is O=C(O)C(S)C(=O)COc1c(Cl)cccc1Cl. The van der Waals surface area contributed by atoms with Gasteiger partial charge in [-0.2, -0.15) is 12.6 Å². The molecule has 1 unspecified atom stereocenters. The zero-order chi connectivity index (χ0) is 13.0. The Kier molecular flexibility index (Phi) is 5.11. The highest BCUT2D eigenvalue weighted by molar-refractivity contribution is 7.82. The second-order valence-electron chi connectivity index (χ2n) is 3.05. The molecule has 1 atom stereocenters. The smallest absolute Gasteiger partial charge is 0.324 e. The van der Waals surface area contributed by atoms with Crippen molar-refractivity contribution in [2.75, 3.05) is 6.61 Å². The summed E-state index contributed by atoms with van der Waals surface area (Å²) in [7, 11) is 0. The van der Waals surface area contributed by atoms with Crippen molar-refractivity contribution in [1.29, 1.82) is 0 Å². The van der Waals surface area contributed by atoms with Gasteiger partial charge in [-0.3, -0.25) is 9.59 Å². The van der Waals surface area contributed by atoms with Crippen molar-refractivity contribution in [2.24, 2.45) is 0 Å². The van der Waals surface area contributed by atoms with Gasteiger partial charge in [0.1, 0.15) is 6.61 Å². The molecule has 0 amide bonds. The van der Waals surface area contributed by atoms with Crippen LogP contribution in [0, 0.1) is 0 Å². The number of hydrogen-bond donors (Lipinski definition) is 2. The van der Waals surface area contributed by atoms with Crippen molar-refractivity contribution in [3.05, 3.63) is 28.2 Å². The van der Waals surface area contributed by atoms with E-state index in [1.54, 1.807) is 18.2 Å². The van der Waals surface area contributed by atoms with E-state index in [1.807, 2.05) is 0 Å². The lowest BCUT2D eigenvalue weighted by Crippen LogP contribution is -2.29. The Morgan fingerprint density at radius 3 is 2.35 bits per heavy atom. The Morgan fingerprint density at radius 2 is 1.88 bits per heavy atom. The van der Waals surface area contributed by atoms with Crippen molar-refractivity contribution >= 4 is 47.6 Å². The van der Waals surface area contributed by atoms with Gasteiger partial charge in [-0.1, -0.05) is 29.3 Å². The highest BCUT2D eigenvalue weighted by Gasteiger charge is 2.22. The fourth-order valence-electron chi connectivity index (χ4n) is 0.980. The number of carboxylic acid groups (broad SMARTS) is 1. The Morgan fingerprint density at radius 1 is 1.35 bits per heavy atom. The number of halogens is 2.